The number of hydrogen-bond acceptors (Lipinski definition) is 2. The molecule has 0 bridgehead atoms. The molecule has 13 heavy (non-hydrogen) atoms. The van der Waals surface area contributed by atoms with Crippen molar-refractivity contribution in [3.63, 3.8) is 0 Å². The molecule has 3 nitrogen and oxygen atoms in total. The van der Waals surface area contributed by atoms with Crippen LogP contribution >= 0.6 is 11.6 Å². The van der Waals surface area contributed by atoms with Gasteiger partial charge in [0, 0.05) is 6.61 Å². The van der Waals surface area contributed by atoms with Crippen molar-refractivity contribution in [3.05, 3.63) is 16.9 Å². The number of ether oxygens (including phenoxy) is 1. The first-order valence-corrected chi connectivity index (χ1v) is 4.94. The van der Waals surface area contributed by atoms with Crippen LogP contribution in [0.2, 0.25) is 5.15 Å². The Morgan fingerprint density at radius 1 is 1.69 bits per heavy atom. The molecule has 2 rings (SSSR count). The van der Waals surface area contributed by atoms with Gasteiger partial charge in [-0.2, -0.15) is 5.10 Å². The topological polar surface area (TPSA) is 27.1 Å². The first-order valence-electron chi connectivity index (χ1n) is 4.57. The van der Waals surface area contributed by atoms with Gasteiger partial charge in [-0.05, 0) is 25.8 Å². The molecule has 0 saturated carbocycles. The third-order valence-corrected chi connectivity index (χ3v) is 2.58. The smallest absolute Gasteiger partial charge is 0.127 e. The number of aryl methyl sites for hydroxylation is 1. The van der Waals surface area contributed by atoms with Crippen molar-refractivity contribution >= 4 is 11.6 Å². The van der Waals surface area contributed by atoms with E-state index in [1.807, 2.05) is 17.7 Å². The minimum absolute atomic E-state index is 0.329. The first-order chi connectivity index (χ1) is 6.27. The van der Waals surface area contributed by atoms with E-state index in [2.05, 4.69) is 5.10 Å². The Labute approximate surface area is 82.6 Å². The van der Waals surface area contributed by atoms with Crippen molar-refractivity contribution in [2.45, 2.75) is 25.8 Å². The van der Waals surface area contributed by atoms with E-state index in [1.54, 1.807) is 0 Å². The fourth-order valence-corrected chi connectivity index (χ4v) is 1.99. The van der Waals surface area contributed by atoms with Crippen molar-refractivity contribution in [2.75, 3.05) is 13.2 Å². The van der Waals surface area contributed by atoms with Crippen LogP contribution in [0.25, 0.3) is 0 Å². The third-order valence-electron chi connectivity index (χ3n) is 2.29. The maximum atomic E-state index is 6.02. The molecular formula is C9H13ClN2O. The lowest BCUT2D eigenvalue weighted by Gasteiger charge is -2.22. The summed E-state index contributed by atoms with van der Waals surface area (Å²) in [5, 5.41) is 5.05. The summed E-state index contributed by atoms with van der Waals surface area (Å²) >= 11 is 6.02. The molecule has 1 atom stereocenters. The minimum Gasteiger partial charge on any atom is -0.379 e. The van der Waals surface area contributed by atoms with Gasteiger partial charge in [-0.15, -0.1) is 0 Å². The van der Waals surface area contributed by atoms with Crippen molar-refractivity contribution in [3.8, 4) is 0 Å². The van der Waals surface area contributed by atoms with Gasteiger partial charge in [-0.3, -0.25) is 0 Å². The summed E-state index contributed by atoms with van der Waals surface area (Å²) in [5.74, 6) is 0. The second-order valence-electron chi connectivity index (χ2n) is 3.42. The molecule has 1 unspecified atom stereocenters. The lowest BCUT2D eigenvalue weighted by Crippen LogP contribution is -2.22. The molecule has 0 spiro atoms. The van der Waals surface area contributed by atoms with E-state index in [9.17, 15) is 0 Å². The van der Waals surface area contributed by atoms with Gasteiger partial charge in [0.1, 0.15) is 5.15 Å². The van der Waals surface area contributed by atoms with Crippen LogP contribution in [-0.4, -0.2) is 23.0 Å². The van der Waals surface area contributed by atoms with Crippen molar-refractivity contribution in [2.24, 2.45) is 0 Å². The highest BCUT2D eigenvalue weighted by molar-refractivity contribution is 6.29. The largest absolute Gasteiger partial charge is 0.379 e. The molecular weight excluding hydrogens is 188 g/mol. The molecule has 0 aromatic carbocycles. The summed E-state index contributed by atoms with van der Waals surface area (Å²) in [6.45, 7) is 3.56. The summed E-state index contributed by atoms with van der Waals surface area (Å²) in [6, 6.07) is 2.21. The summed E-state index contributed by atoms with van der Waals surface area (Å²) in [4.78, 5) is 0. The molecule has 0 radical (unpaired) electrons. The van der Waals surface area contributed by atoms with Crippen molar-refractivity contribution in [1.29, 1.82) is 0 Å². The highest BCUT2D eigenvalue weighted by atomic mass is 35.5. The zero-order chi connectivity index (χ0) is 9.26. The van der Waals surface area contributed by atoms with E-state index in [-0.39, 0.29) is 0 Å². The van der Waals surface area contributed by atoms with Crippen LogP contribution in [0.5, 0.6) is 0 Å². The van der Waals surface area contributed by atoms with Gasteiger partial charge >= 0.3 is 0 Å². The van der Waals surface area contributed by atoms with Gasteiger partial charge < -0.3 is 4.74 Å². The third kappa shape index (κ3) is 1.86. The molecule has 0 N–H and O–H groups in total. The van der Waals surface area contributed by atoms with E-state index in [0.717, 1.165) is 31.7 Å². The summed E-state index contributed by atoms with van der Waals surface area (Å²) < 4.78 is 7.25. The first kappa shape index (κ1) is 9.03. The van der Waals surface area contributed by atoms with E-state index in [0.29, 0.717) is 11.2 Å². The highest BCUT2D eigenvalue weighted by Crippen LogP contribution is 2.23. The van der Waals surface area contributed by atoms with Gasteiger partial charge in [0.2, 0.25) is 0 Å². The van der Waals surface area contributed by atoms with Crippen LogP contribution in [0.3, 0.4) is 0 Å². The van der Waals surface area contributed by atoms with Crippen LogP contribution in [0.1, 0.15) is 24.6 Å². The predicted octanol–water partition coefficient (Wildman–Crippen LogP) is 2.20. The monoisotopic (exact) mass is 200 g/mol. The maximum Gasteiger partial charge on any atom is 0.127 e. The maximum absolute atomic E-state index is 6.02. The van der Waals surface area contributed by atoms with Gasteiger partial charge in [0.15, 0.2) is 0 Å². The minimum atomic E-state index is 0.329. The Hall–Kier alpha value is -0.540. The van der Waals surface area contributed by atoms with Gasteiger partial charge in [0.25, 0.3) is 0 Å². The van der Waals surface area contributed by atoms with Gasteiger partial charge in [-0.1, -0.05) is 11.6 Å². The predicted molar refractivity (Wildman–Crippen MR) is 51.1 cm³/mol. The Morgan fingerprint density at radius 3 is 3.08 bits per heavy atom. The van der Waals surface area contributed by atoms with Crippen LogP contribution in [0.4, 0.5) is 0 Å². The number of rotatable bonds is 1. The average molecular weight is 201 g/mol. The van der Waals surface area contributed by atoms with E-state index in [1.165, 1.54) is 0 Å². The second kappa shape index (κ2) is 3.68. The zero-order valence-electron chi connectivity index (χ0n) is 7.66. The Bertz CT molecular complexity index is 292. The Morgan fingerprint density at radius 2 is 2.54 bits per heavy atom. The molecule has 0 aliphatic carbocycles. The lowest BCUT2D eigenvalue weighted by molar-refractivity contribution is 0.0549. The number of nitrogens with zero attached hydrogens (tertiary/aromatic N) is 2. The highest BCUT2D eigenvalue weighted by Gasteiger charge is 2.18. The van der Waals surface area contributed by atoms with Crippen molar-refractivity contribution < 1.29 is 4.74 Å². The quantitative estimate of drug-likeness (QED) is 0.695. The molecule has 1 aromatic rings. The van der Waals surface area contributed by atoms with Crippen molar-refractivity contribution in [1.82, 2.24) is 9.78 Å². The van der Waals surface area contributed by atoms with Crippen LogP contribution in [-0.2, 0) is 4.74 Å². The molecule has 4 heteroatoms. The molecule has 1 aliphatic rings. The molecule has 2 heterocycles. The number of aromatic nitrogens is 2. The summed E-state index contributed by atoms with van der Waals surface area (Å²) in [7, 11) is 0. The van der Waals surface area contributed by atoms with Gasteiger partial charge in [0.05, 0.1) is 18.3 Å². The fourth-order valence-electron chi connectivity index (χ4n) is 1.66. The molecule has 72 valence electrons. The average Bonchev–Trinajstić information content (AvgIpc) is 2.47. The van der Waals surface area contributed by atoms with Crippen LogP contribution < -0.4 is 0 Å². The number of halogens is 1. The Balaban J connectivity index is 2.18. The molecule has 1 fully saturated rings. The fraction of sp³-hybridized carbons (Fsp3) is 0.667. The Kier molecular flexibility index (Phi) is 2.56. The van der Waals surface area contributed by atoms with E-state index < -0.39 is 0 Å². The van der Waals surface area contributed by atoms with Crippen LogP contribution in [0, 0.1) is 6.92 Å². The van der Waals surface area contributed by atoms with Gasteiger partial charge in [-0.25, -0.2) is 4.68 Å². The molecule has 1 aliphatic heterocycles. The second-order valence-corrected chi connectivity index (χ2v) is 3.81. The lowest BCUT2D eigenvalue weighted by atomic mass is 10.1. The SMILES string of the molecule is Cc1cc(Cl)n(C2CCCOC2)n1. The molecule has 0 amide bonds. The standard InChI is InChI=1S/C9H13ClN2O/c1-7-5-9(10)12(11-7)8-3-2-4-13-6-8/h5,8H,2-4,6H2,1H3. The summed E-state index contributed by atoms with van der Waals surface area (Å²) in [5.41, 5.74) is 0.968. The molecule has 1 saturated heterocycles. The summed E-state index contributed by atoms with van der Waals surface area (Å²) in [6.07, 6.45) is 2.21. The number of hydrogen-bond donors (Lipinski definition) is 0. The zero-order valence-corrected chi connectivity index (χ0v) is 8.42. The van der Waals surface area contributed by atoms with E-state index in [4.69, 9.17) is 16.3 Å². The van der Waals surface area contributed by atoms with E-state index >= 15 is 0 Å². The van der Waals surface area contributed by atoms with Crippen LogP contribution in [0.15, 0.2) is 6.07 Å². The normalized spacial score (nSPS) is 23.4. The molecule has 1 aromatic heterocycles.